The van der Waals surface area contributed by atoms with Crippen molar-refractivity contribution in [2.45, 2.75) is 63.5 Å². The molecular weight excluding hydrogens is 240 g/mol. The second kappa shape index (κ2) is 7.85. The Morgan fingerprint density at radius 1 is 1.26 bits per heavy atom. The van der Waals surface area contributed by atoms with Crippen LogP contribution in [0.15, 0.2) is 0 Å². The van der Waals surface area contributed by atoms with Crippen LogP contribution < -0.4 is 5.32 Å². The van der Waals surface area contributed by atoms with Crippen LogP contribution in [0.3, 0.4) is 0 Å². The van der Waals surface area contributed by atoms with Crippen molar-refractivity contribution < 1.29 is 9.53 Å². The van der Waals surface area contributed by atoms with Crippen molar-refractivity contribution in [2.24, 2.45) is 0 Å². The van der Waals surface area contributed by atoms with Gasteiger partial charge in [0.25, 0.3) is 0 Å². The molecule has 2 aliphatic rings. The molecule has 2 heterocycles. The minimum Gasteiger partial charge on any atom is -0.378 e. The molecule has 0 aromatic carbocycles. The molecule has 1 N–H and O–H groups in total. The Kier molecular flexibility index (Phi) is 6.11. The molecule has 19 heavy (non-hydrogen) atoms. The van der Waals surface area contributed by atoms with Crippen molar-refractivity contribution in [1.29, 1.82) is 0 Å². The number of ether oxygens (including phenoxy) is 1. The van der Waals surface area contributed by atoms with Crippen LogP contribution in [0.2, 0.25) is 0 Å². The number of likely N-dealkylation sites (N-methyl/N-ethyl adjacent to an activating group) is 1. The van der Waals surface area contributed by atoms with Crippen LogP contribution in [0, 0.1) is 0 Å². The summed E-state index contributed by atoms with van der Waals surface area (Å²) in [6, 6.07) is 0.494. The van der Waals surface area contributed by atoms with Crippen LogP contribution in [0.25, 0.3) is 0 Å². The first kappa shape index (κ1) is 14.8. The lowest BCUT2D eigenvalue weighted by Crippen LogP contribution is -2.44. The van der Waals surface area contributed by atoms with Gasteiger partial charge in [0.05, 0.1) is 6.10 Å². The van der Waals surface area contributed by atoms with Crippen molar-refractivity contribution in [3.05, 3.63) is 0 Å². The molecule has 110 valence electrons. The molecule has 0 aliphatic carbocycles. The maximum atomic E-state index is 12.1. The summed E-state index contributed by atoms with van der Waals surface area (Å²) in [5.74, 6) is 0.265. The second-order valence-corrected chi connectivity index (χ2v) is 5.95. The number of carbonyl (C=O) groups excluding carboxylic acids is 1. The van der Waals surface area contributed by atoms with Gasteiger partial charge in [0.2, 0.25) is 5.91 Å². The van der Waals surface area contributed by atoms with Crippen LogP contribution in [0.4, 0.5) is 0 Å². The molecular formula is C15H28N2O2. The minimum absolute atomic E-state index is 0.265. The Bertz CT molecular complexity index is 271. The third kappa shape index (κ3) is 5.11. The molecule has 2 rings (SSSR count). The number of nitrogens with zero attached hydrogens (tertiary/aromatic N) is 1. The summed E-state index contributed by atoms with van der Waals surface area (Å²) in [5, 5.41) is 3.49. The van der Waals surface area contributed by atoms with Crippen LogP contribution in [0.5, 0.6) is 0 Å². The summed E-state index contributed by atoms with van der Waals surface area (Å²) in [4.78, 5) is 14.0. The van der Waals surface area contributed by atoms with Gasteiger partial charge >= 0.3 is 0 Å². The highest BCUT2D eigenvalue weighted by atomic mass is 16.5. The van der Waals surface area contributed by atoms with E-state index in [2.05, 4.69) is 5.32 Å². The second-order valence-electron chi connectivity index (χ2n) is 5.95. The molecule has 2 aliphatic heterocycles. The van der Waals surface area contributed by atoms with Gasteiger partial charge < -0.3 is 15.0 Å². The molecule has 0 aromatic heterocycles. The molecule has 2 saturated heterocycles. The average molecular weight is 268 g/mol. The molecule has 2 unspecified atom stereocenters. The molecule has 2 fully saturated rings. The fourth-order valence-corrected chi connectivity index (χ4v) is 3.02. The summed E-state index contributed by atoms with van der Waals surface area (Å²) >= 11 is 0. The van der Waals surface area contributed by atoms with Gasteiger partial charge in [-0.2, -0.15) is 0 Å². The van der Waals surface area contributed by atoms with Crippen molar-refractivity contribution in [3.63, 3.8) is 0 Å². The van der Waals surface area contributed by atoms with Gasteiger partial charge in [-0.15, -0.1) is 0 Å². The topological polar surface area (TPSA) is 41.6 Å². The first-order valence-corrected chi connectivity index (χ1v) is 7.84. The van der Waals surface area contributed by atoms with Gasteiger partial charge in [-0.05, 0) is 45.1 Å². The average Bonchev–Trinajstić information content (AvgIpc) is 2.47. The largest absolute Gasteiger partial charge is 0.378 e. The number of amides is 1. The number of carbonyl (C=O) groups is 1. The molecule has 2 atom stereocenters. The monoisotopic (exact) mass is 268 g/mol. The molecule has 0 spiro atoms. The molecule has 0 bridgehead atoms. The Balaban J connectivity index is 1.63. The van der Waals surface area contributed by atoms with E-state index in [4.69, 9.17) is 4.74 Å². The Hall–Kier alpha value is -0.610. The highest BCUT2D eigenvalue weighted by molar-refractivity contribution is 5.75. The smallest absolute Gasteiger partial charge is 0.222 e. The zero-order chi connectivity index (χ0) is 13.5. The highest BCUT2D eigenvalue weighted by Crippen LogP contribution is 2.17. The number of nitrogens with one attached hydrogen (secondary N) is 1. The fourth-order valence-electron chi connectivity index (χ4n) is 3.02. The lowest BCUT2D eigenvalue weighted by molar-refractivity contribution is -0.131. The number of hydrogen-bond acceptors (Lipinski definition) is 3. The molecule has 0 aromatic rings. The van der Waals surface area contributed by atoms with Gasteiger partial charge in [0.1, 0.15) is 0 Å². The van der Waals surface area contributed by atoms with E-state index >= 15 is 0 Å². The normalized spacial score (nSPS) is 28.1. The van der Waals surface area contributed by atoms with Crippen LogP contribution in [0.1, 0.15) is 51.4 Å². The van der Waals surface area contributed by atoms with Gasteiger partial charge in [-0.25, -0.2) is 0 Å². The van der Waals surface area contributed by atoms with Crippen molar-refractivity contribution in [1.82, 2.24) is 10.2 Å². The zero-order valence-electron chi connectivity index (χ0n) is 12.2. The lowest BCUT2D eigenvalue weighted by Gasteiger charge is -2.29. The first-order valence-electron chi connectivity index (χ1n) is 7.84. The lowest BCUT2D eigenvalue weighted by atomic mass is 10.0. The summed E-state index contributed by atoms with van der Waals surface area (Å²) in [6.07, 6.45) is 9.15. The SMILES string of the molecule is CN(CC1CCCCN1)C(=O)CCC1CCCCO1. The van der Waals surface area contributed by atoms with Crippen molar-refractivity contribution in [3.8, 4) is 0 Å². The van der Waals surface area contributed by atoms with Gasteiger partial charge in [-0.1, -0.05) is 6.42 Å². The Morgan fingerprint density at radius 2 is 2.11 bits per heavy atom. The fraction of sp³-hybridized carbons (Fsp3) is 0.933. The summed E-state index contributed by atoms with van der Waals surface area (Å²) in [6.45, 7) is 2.83. The van der Waals surface area contributed by atoms with Crippen LogP contribution in [-0.4, -0.2) is 49.7 Å². The first-order chi connectivity index (χ1) is 9.25. The standard InChI is InChI=1S/C15H28N2O2/c1-17(12-13-6-2-4-10-16-13)15(18)9-8-14-7-3-5-11-19-14/h13-14,16H,2-12H2,1H3. The third-order valence-corrected chi connectivity index (χ3v) is 4.29. The van der Waals surface area contributed by atoms with Crippen LogP contribution in [-0.2, 0) is 9.53 Å². The highest BCUT2D eigenvalue weighted by Gasteiger charge is 2.20. The molecule has 0 saturated carbocycles. The Labute approximate surface area is 116 Å². The molecule has 4 nitrogen and oxygen atoms in total. The Morgan fingerprint density at radius 3 is 2.79 bits per heavy atom. The van der Waals surface area contributed by atoms with E-state index < -0.39 is 0 Å². The van der Waals surface area contributed by atoms with E-state index in [1.54, 1.807) is 0 Å². The van der Waals surface area contributed by atoms with E-state index in [1.807, 2.05) is 11.9 Å². The van der Waals surface area contributed by atoms with E-state index in [0.717, 1.165) is 32.5 Å². The predicted octanol–water partition coefficient (Wildman–Crippen LogP) is 1.94. The van der Waals surface area contributed by atoms with E-state index in [-0.39, 0.29) is 5.91 Å². The molecule has 1 amide bonds. The third-order valence-electron chi connectivity index (χ3n) is 4.29. The summed E-state index contributed by atoms with van der Waals surface area (Å²) in [7, 11) is 1.93. The number of piperidine rings is 1. The summed E-state index contributed by atoms with van der Waals surface area (Å²) in [5.41, 5.74) is 0. The van der Waals surface area contributed by atoms with E-state index in [0.29, 0.717) is 18.6 Å². The summed E-state index contributed by atoms with van der Waals surface area (Å²) < 4.78 is 5.67. The van der Waals surface area contributed by atoms with Gasteiger partial charge in [0, 0.05) is 32.7 Å². The maximum absolute atomic E-state index is 12.1. The van der Waals surface area contributed by atoms with Gasteiger partial charge in [0.15, 0.2) is 0 Å². The zero-order valence-corrected chi connectivity index (χ0v) is 12.2. The van der Waals surface area contributed by atoms with Gasteiger partial charge in [-0.3, -0.25) is 4.79 Å². The number of hydrogen-bond donors (Lipinski definition) is 1. The number of rotatable bonds is 5. The van der Waals surface area contributed by atoms with E-state index in [1.165, 1.54) is 32.1 Å². The minimum atomic E-state index is 0.265. The predicted molar refractivity (Wildman–Crippen MR) is 76.1 cm³/mol. The van der Waals surface area contributed by atoms with E-state index in [9.17, 15) is 4.79 Å². The molecule has 4 heteroatoms. The maximum Gasteiger partial charge on any atom is 0.222 e. The van der Waals surface area contributed by atoms with Crippen molar-refractivity contribution >= 4 is 5.91 Å². The van der Waals surface area contributed by atoms with Crippen LogP contribution >= 0.6 is 0 Å². The molecule has 0 radical (unpaired) electrons. The van der Waals surface area contributed by atoms with Crippen molar-refractivity contribution in [2.75, 3.05) is 26.7 Å². The quantitative estimate of drug-likeness (QED) is 0.828.